The fourth-order valence-electron chi connectivity index (χ4n) is 3.34. The van der Waals surface area contributed by atoms with E-state index in [9.17, 15) is 9.59 Å². The Morgan fingerprint density at radius 2 is 2.30 bits per heavy atom. The quantitative estimate of drug-likeness (QED) is 0.907. The van der Waals surface area contributed by atoms with Crippen LogP contribution < -0.4 is 5.32 Å². The number of nitrogens with zero attached hydrogens (tertiary/aromatic N) is 2. The molecule has 0 radical (unpaired) electrons. The summed E-state index contributed by atoms with van der Waals surface area (Å²) in [5.74, 6) is 0.601. The van der Waals surface area contributed by atoms with E-state index in [2.05, 4.69) is 17.2 Å². The highest BCUT2D eigenvalue weighted by molar-refractivity contribution is 8.01. The van der Waals surface area contributed by atoms with Crippen molar-refractivity contribution in [1.82, 2.24) is 9.88 Å². The lowest BCUT2D eigenvalue weighted by Gasteiger charge is -2.29. The van der Waals surface area contributed by atoms with E-state index < -0.39 is 6.04 Å². The lowest BCUT2D eigenvalue weighted by molar-refractivity contribution is -0.135. The largest absolute Gasteiger partial charge is 0.315 e. The van der Waals surface area contributed by atoms with E-state index in [1.165, 1.54) is 11.3 Å². The number of fused-ring (bicyclic) bond motifs is 2. The van der Waals surface area contributed by atoms with Gasteiger partial charge < -0.3 is 10.2 Å². The van der Waals surface area contributed by atoms with Gasteiger partial charge in [-0.1, -0.05) is 23.5 Å². The molecule has 0 aliphatic carbocycles. The standard InChI is InChI=1S/C16H17N3O2S2/c1-9-4-3-5-11-13(9)17-15(23-11)18-14(21)10-8-22-16(2)7-6-12(20)19(10)16/h3-5,10H,6-8H2,1-2H3,(H,17,18,21)/t10-,16-/m1/s1. The predicted molar refractivity (Wildman–Crippen MR) is 93.7 cm³/mol. The summed E-state index contributed by atoms with van der Waals surface area (Å²) < 4.78 is 1.06. The molecule has 0 unspecified atom stereocenters. The van der Waals surface area contributed by atoms with Gasteiger partial charge in [-0.25, -0.2) is 4.98 Å². The molecule has 3 heterocycles. The van der Waals surface area contributed by atoms with E-state index in [0.717, 1.165) is 22.2 Å². The van der Waals surface area contributed by atoms with Crippen molar-refractivity contribution in [2.45, 2.75) is 37.6 Å². The second-order valence-electron chi connectivity index (χ2n) is 6.20. The van der Waals surface area contributed by atoms with Crippen molar-refractivity contribution in [2.24, 2.45) is 0 Å². The average molecular weight is 347 g/mol. The number of benzene rings is 1. The molecule has 2 saturated heterocycles. The van der Waals surface area contributed by atoms with E-state index in [1.807, 2.05) is 25.1 Å². The molecule has 2 aromatic rings. The molecule has 120 valence electrons. The van der Waals surface area contributed by atoms with Crippen molar-refractivity contribution >= 4 is 50.3 Å². The SMILES string of the molecule is Cc1cccc2sc(NC(=O)[C@H]3CS[C@]4(C)CCC(=O)N34)nc12. The van der Waals surface area contributed by atoms with Gasteiger partial charge in [0.1, 0.15) is 6.04 Å². The van der Waals surface area contributed by atoms with Crippen molar-refractivity contribution in [3.05, 3.63) is 23.8 Å². The Kier molecular flexibility index (Phi) is 3.39. The second kappa shape index (κ2) is 5.21. The fraction of sp³-hybridized carbons (Fsp3) is 0.438. The van der Waals surface area contributed by atoms with E-state index in [1.54, 1.807) is 16.7 Å². The van der Waals surface area contributed by atoms with Gasteiger partial charge in [-0.3, -0.25) is 9.59 Å². The van der Waals surface area contributed by atoms with E-state index in [-0.39, 0.29) is 16.7 Å². The van der Waals surface area contributed by atoms with Gasteiger partial charge in [0.05, 0.1) is 15.1 Å². The summed E-state index contributed by atoms with van der Waals surface area (Å²) in [5, 5.41) is 3.51. The Morgan fingerprint density at radius 3 is 3.09 bits per heavy atom. The first-order valence-corrected chi connectivity index (χ1v) is 9.41. The van der Waals surface area contributed by atoms with E-state index >= 15 is 0 Å². The number of rotatable bonds is 2. The van der Waals surface area contributed by atoms with Crippen LogP contribution in [0.2, 0.25) is 0 Å². The molecule has 23 heavy (non-hydrogen) atoms. The highest BCUT2D eigenvalue weighted by atomic mass is 32.2. The molecule has 2 amide bonds. The van der Waals surface area contributed by atoms with Crippen molar-refractivity contribution < 1.29 is 9.59 Å². The summed E-state index contributed by atoms with van der Waals surface area (Å²) in [7, 11) is 0. The van der Waals surface area contributed by atoms with Gasteiger partial charge in [-0.15, -0.1) is 11.8 Å². The molecule has 0 spiro atoms. The summed E-state index contributed by atoms with van der Waals surface area (Å²) in [6.45, 7) is 4.06. The number of carbonyl (C=O) groups is 2. The maximum absolute atomic E-state index is 12.7. The van der Waals surface area contributed by atoms with Crippen LogP contribution in [-0.4, -0.2) is 38.4 Å². The van der Waals surface area contributed by atoms with Crippen molar-refractivity contribution in [3.8, 4) is 0 Å². The average Bonchev–Trinajstić information content (AvgIpc) is 3.14. The molecular formula is C16H17N3O2S2. The molecule has 4 rings (SSSR count). The van der Waals surface area contributed by atoms with Crippen LogP contribution in [-0.2, 0) is 9.59 Å². The van der Waals surface area contributed by atoms with Gasteiger partial charge in [0.2, 0.25) is 11.8 Å². The van der Waals surface area contributed by atoms with Gasteiger partial charge in [-0.05, 0) is 31.9 Å². The summed E-state index contributed by atoms with van der Waals surface area (Å²) >= 11 is 3.17. The number of carbonyl (C=O) groups excluding carboxylic acids is 2. The minimum absolute atomic E-state index is 0.0813. The number of hydrogen-bond donors (Lipinski definition) is 1. The van der Waals surface area contributed by atoms with Crippen molar-refractivity contribution in [3.63, 3.8) is 0 Å². The Hall–Kier alpha value is -1.60. The van der Waals surface area contributed by atoms with Crippen molar-refractivity contribution in [1.29, 1.82) is 0 Å². The smallest absolute Gasteiger partial charge is 0.249 e. The molecule has 0 saturated carbocycles. The summed E-state index contributed by atoms with van der Waals surface area (Å²) in [6.07, 6.45) is 1.36. The number of nitrogens with one attached hydrogen (secondary N) is 1. The van der Waals surface area contributed by atoms with Gasteiger partial charge in [-0.2, -0.15) is 0 Å². The lowest BCUT2D eigenvalue weighted by atomic mass is 10.2. The van der Waals surface area contributed by atoms with Crippen LogP contribution in [0.5, 0.6) is 0 Å². The minimum Gasteiger partial charge on any atom is -0.315 e. The molecule has 1 aromatic heterocycles. The third-order valence-electron chi connectivity index (χ3n) is 4.60. The number of thiazole rings is 1. The summed E-state index contributed by atoms with van der Waals surface area (Å²) in [5.41, 5.74) is 2.02. The number of aromatic nitrogens is 1. The van der Waals surface area contributed by atoms with E-state index in [0.29, 0.717) is 17.3 Å². The topological polar surface area (TPSA) is 62.3 Å². The predicted octanol–water partition coefficient (Wildman–Crippen LogP) is 3.00. The molecule has 5 nitrogen and oxygen atoms in total. The van der Waals surface area contributed by atoms with Crippen LogP contribution in [0.4, 0.5) is 5.13 Å². The van der Waals surface area contributed by atoms with Crippen LogP contribution in [0.25, 0.3) is 10.2 Å². The van der Waals surface area contributed by atoms with Gasteiger partial charge in [0.25, 0.3) is 0 Å². The van der Waals surface area contributed by atoms with Crippen LogP contribution in [0.1, 0.15) is 25.3 Å². The van der Waals surface area contributed by atoms with Crippen molar-refractivity contribution in [2.75, 3.05) is 11.1 Å². The monoisotopic (exact) mass is 347 g/mol. The lowest BCUT2D eigenvalue weighted by Crippen LogP contribution is -2.48. The zero-order valence-electron chi connectivity index (χ0n) is 13.0. The molecule has 2 fully saturated rings. The van der Waals surface area contributed by atoms with Gasteiger partial charge in [0.15, 0.2) is 5.13 Å². The minimum atomic E-state index is -0.395. The molecule has 1 aromatic carbocycles. The number of hydrogen-bond acceptors (Lipinski definition) is 5. The number of anilines is 1. The number of amides is 2. The second-order valence-corrected chi connectivity index (χ2v) is 8.73. The first-order chi connectivity index (χ1) is 11.0. The molecule has 2 aliphatic heterocycles. The summed E-state index contributed by atoms with van der Waals surface area (Å²) in [6, 6.07) is 5.61. The maximum Gasteiger partial charge on any atom is 0.249 e. The maximum atomic E-state index is 12.7. The zero-order valence-corrected chi connectivity index (χ0v) is 14.6. The molecule has 7 heteroatoms. The first kappa shape index (κ1) is 15.0. The van der Waals surface area contributed by atoms with Crippen LogP contribution in [0.15, 0.2) is 18.2 Å². The third kappa shape index (κ3) is 2.33. The molecular weight excluding hydrogens is 330 g/mol. The molecule has 0 bridgehead atoms. The Bertz CT molecular complexity index is 819. The molecule has 2 atom stereocenters. The number of thioether (sulfide) groups is 1. The van der Waals surface area contributed by atoms with Gasteiger partial charge >= 0.3 is 0 Å². The van der Waals surface area contributed by atoms with Crippen LogP contribution in [0, 0.1) is 6.92 Å². The Labute approximate surface area is 142 Å². The fourth-order valence-corrected chi connectivity index (χ4v) is 5.72. The van der Waals surface area contributed by atoms with Crippen LogP contribution in [0.3, 0.4) is 0 Å². The molecule has 1 N–H and O–H groups in total. The summed E-state index contributed by atoms with van der Waals surface area (Å²) in [4.78, 5) is 30.9. The number of aryl methyl sites for hydroxylation is 1. The third-order valence-corrected chi connectivity index (χ3v) is 7.04. The highest BCUT2D eigenvalue weighted by Gasteiger charge is 2.52. The molecule has 2 aliphatic rings. The van der Waals surface area contributed by atoms with E-state index in [4.69, 9.17) is 0 Å². The zero-order chi connectivity index (χ0) is 16.2. The number of para-hydroxylation sites is 1. The Balaban J connectivity index is 1.58. The Morgan fingerprint density at radius 1 is 1.48 bits per heavy atom. The highest BCUT2D eigenvalue weighted by Crippen LogP contribution is 2.47. The van der Waals surface area contributed by atoms with Crippen LogP contribution >= 0.6 is 23.1 Å². The normalized spacial score (nSPS) is 26.8. The van der Waals surface area contributed by atoms with Gasteiger partial charge in [0, 0.05) is 12.2 Å². The first-order valence-electron chi connectivity index (χ1n) is 7.61.